The fraction of sp³-hybridized carbons (Fsp3) is 0.238. The van der Waals surface area contributed by atoms with Gasteiger partial charge in [-0.3, -0.25) is 0 Å². The van der Waals surface area contributed by atoms with Crippen LogP contribution in [-0.2, 0) is 10.9 Å². The molecule has 0 bridgehead atoms. The molecule has 0 spiro atoms. The van der Waals surface area contributed by atoms with E-state index in [0.29, 0.717) is 0 Å². The molecule has 8 nitrogen and oxygen atoms in total. The van der Waals surface area contributed by atoms with Crippen molar-refractivity contribution < 1.29 is 16.0 Å². The Balaban J connectivity index is 1.61. The van der Waals surface area contributed by atoms with Gasteiger partial charge in [-0.1, -0.05) is 0 Å². The standard InChI is InChI=1S/C9H11N3O5.2C6H5.Sn/c10-5-1-2-12(9(16)11-5)8-7(15)6(14)4(3-13)17-8;2*1-2-4-6-5-3-1;/h1-2,4,6-8,13H,3H2,(H2,10,11,16);2*1-5H;/q-2;;;+2/t4-,6+,7+,8-;;;/m1.../s1. The van der Waals surface area contributed by atoms with Crippen molar-refractivity contribution in [3.05, 3.63) is 83.4 Å². The first-order chi connectivity index (χ1) is 14.6. The van der Waals surface area contributed by atoms with Crippen LogP contribution in [0.2, 0.25) is 0 Å². The van der Waals surface area contributed by atoms with Crippen LogP contribution in [-0.4, -0.2) is 58.8 Å². The molecule has 0 amide bonds. The maximum atomic E-state index is 12.5. The van der Waals surface area contributed by atoms with Crippen LogP contribution < -0.4 is 18.6 Å². The van der Waals surface area contributed by atoms with Crippen LogP contribution in [0.4, 0.5) is 5.82 Å². The van der Waals surface area contributed by atoms with Crippen molar-refractivity contribution in [2.24, 2.45) is 0 Å². The summed E-state index contributed by atoms with van der Waals surface area (Å²) < 4.78 is 22.8. The third kappa shape index (κ3) is 3.15. The van der Waals surface area contributed by atoms with E-state index in [1.807, 2.05) is 60.7 Å². The van der Waals surface area contributed by atoms with Crippen LogP contribution in [0.5, 0.6) is 0 Å². The van der Waals surface area contributed by atoms with Gasteiger partial charge in [-0.15, -0.1) is 0 Å². The summed E-state index contributed by atoms with van der Waals surface area (Å²) in [6.07, 6.45) is -0.896. The van der Waals surface area contributed by atoms with Gasteiger partial charge in [0, 0.05) is 0 Å². The van der Waals surface area contributed by atoms with Crippen LogP contribution in [0.25, 0.3) is 0 Å². The topological polar surface area (TPSA) is 109 Å². The molecule has 2 fully saturated rings. The maximum absolute atomic E-state index is 12.5. The molecule has 0 saturated carbocycles. The third-order valence-corrected chi connectivity index (χ3v) is 15.2. The summed E-state index contributed by atoms with van der Waals surface area (Å²) in [4.78, 5) is 16.3. The van der Waals surface area contributed by atoms with E-state index < -0.39 is 49.4 Å². The summed E-state index contributed by atoms with van der Waals surface area (Å²) in [5, 5.41) is 9.94. The number of benzene rings is 2. The molecule has 9 heteroatoms. The molecule has 2 aliphatic heterocycles. The van der Waals surface area contributed by atoms with Crippen molar-refractivity contribution in [3.8, 4) is 0 Å². The van der Waals surface area contributed by atoms with Gasteiger partial charge in [-0.05, 0) is 0 Å². The van der Waals surface area contributed by atoms with Gasteiger partial charge in [0.25, 0.3) is 0 Å². The normalized spacial score (nSPS) is 27.1. The monoisotopic (exact) mass is 515 g/mol. The van der Waals surface area contributed by atoms with Crippen molar-refractivity contribution in [1.29, 1.82) is 0 Å². The fourth-order valence-corrected chi connectivity index (χ4v) is 14.1. The molecule has 5 rings (SSSR count). The second-order valence-corrected chi connectivity index (χ2v) is 15.5. The number of hydrogen-bond donors (Lipinski definition) is 2. The van der Waals surface area contributed by atoms with Crippen LogP contribution >= 0.6 is 0 Å². The molecule has 4 atom stereocenters. The number of nitrogen functional groups attached to an aromatic ring is 1. The molecule has 30 heavy (non-hydrogen) atoms. The van der Waals surface area contributed by atoms with Crippen molar-refractivity contribution in [2.45, 2.75) is 24.5 Å². The molecule has 3 N–H and O–H groups in total. The van der Waals surface area contributed by atoms with E-state index in [1.54, 1.807) is 0 Å². The predicted octanol–water partition coefficient (Wildman–Crippen LogP) is -0.244. The number of rotatable bonds is 4. The minimum absolute atomic E-state index is 0.134. The Labute approximate surface area is 177 Å². The predicted molar refractivity (Wildman–Crippen MR) is 112 cm³/mol. The Kier molecular flexibility index (Phi) is 5.11. The van der Waals surface area contributed by atoms with Crippen molar-refractivity contribution in [2.75, 3.05) is 12.3 Å². The Morgan fingerprint density at radius 3 is 2.13 bits per heavy atom. The van der Waals surface area contributed by atoms with E-state index in [9.17, 15) is 9.90 Å². The Morgan fingerprint density at radius 1 is 0.967 bits per heavy atom. The van der Waals surface area contributed by atoms with Crippen LogP contribution in [0, 0.1) is 0 Å². The molecule has 0 aliphatic carbocycles. The van der Waals surface area contributed by atoms with E-state index in [2.05, 4.69) is 4.98 Å². The molecule has 0 unspecified atom stereocenters. The minimum atomic E-state index is -4.06. The molecule has 154 valence electrons. The number of aliphatic hydroxyl groups excluding tert-OH is 1. The zero-order valence-corrected chi connectivity index (χ0v) is 18.9. The number of anilines is 1. The summed E-state index contributed by atoms with van der Waals surface area (Å²) in [6, 6.07) is 21.4. The third-order valence-electron chi connectivity index (χ3n) is 5.50. The number of nitrogens with two attached hydrogens (primary N) is 1. The van der Waals surface area contributed by atoms with Crippen molar-refractivity contribution >= 4 is 32.2 Å². The number of hydrogen-bond acceptors (Lipinski definition) is 7. The first kappa shape index (κ1) is 19.7. The Bertz CT molecular complexity index is 1060. The molecule has 0 radical (unpaired) electrons. The number of fused-ring (bicyclic) bond motifs is 1. The molecule has 2 aromatic carbocycles. The van der Waals surface area contributed by atoms with Gasteiger partial charge >= 0.3 is 178 Å². The molecular weight excluding hydrogens is 493 g/mol. The summed E-state index contributed by atoms with van der Waals surface area (Å²) in [7, 11) is 0. The quantitative estimate of drug-likeness (QED) is 0.463. The molecule has 3 aromatic rings. The Morgan fingerprint density at radius 2 is 1.57 bits per heavy atom. The van der Waals surface area contributed by atoms with Crippen LogP contribution in [0.3, 0.4) is 0 Å². The van der Waals surface area contributed by atoms with E-state index in [0.717, 1.165) is 7.16 Å². The average molecular weight is 514 g/mol. The second kappa shape index (κ2) is 7.78. The van der Waals surface area contributed by atoms with Gasteiger partial charge in [0.2, 0.25) is 0 Å². The molecule has 1 aromatic heterocycles. The fourth-order valence-electron chi connectivity index (χ4n) is 4.13. The first-order valence-electron chi connectivity index (χ1n) is 9.70. The van der Waals surface area contributed by atoms with E-state index in [-0.39, 0.29) is 12.4 Å². The van der Waals surface area contributed by atoms with Gasteiger partial charge in [0.15, 0.2) is 0 Å². The summed E-state index contributed by atoms with van der Waals surface area (Å²) >= 11 is -4.06. The molecule has 2 aliphatic rings. The average Bonchev–Trinajstić information content (AvgIpc) is 3.32. The summed E-state index contributed by atoms with van der Waals surface area (Å²) in [5.74, 6) is 0.134. The van der Waals surface area contributed by atoms with E-state index in [4.69, 9.17) is 16.6 Å². The number of ether oxygens (including phenoxy) is 1. The molecule has 3 heterocycles. The number of aliphatic hydroxyl groups is 1. The second-order valence-electron chi connectivity index (χ2n) is 7.30. The van der Waals surface area contributed by atoms with Crippen LogP contribution in [0.1, 0.15) is 6.23 Å². The van der Waals surface area contributed by atoms with E-state index >= 15 is 0 Å². The zero-order chi connectivity index (χ0) is 20.7. The first-order valence-corrected chi connectivity index (χ1v) is 14.9. The summed E-state index contributed by atoms with van der Waals surface area (Å²) in [6.45, 7) is -0.246. The van der Waals surface area contributed by atoms with Crippen molar-refractivity contribution in [3.63, 3.8) is 0 Å². The van der Waals surface area contributed by atoms with Gasteiger partial charge in [0.1, 0.15) is 0 Å². The number of aromatic nitrogens is 2. The van der Waals surface area contributed by atoms with Crippen LogP contribution in [0.15, 0.2) is 77.7 Å². The van der Waals surface area contributed by atoms with E-state index in [1.165, 1.54) is 16.8 Å². The molecular formula is C21H21N3O5Sn. The zero-order valence-electron chi connectivity index (χ0n) is 16.0. The summed E-state index contributed by atoms with van der Waals surface area (Å²) in [5.41, 5.74) is 5.10. The van der Waals surface area contributed by atoms with Gasteiger partial charge < -0.3 is 0 Å². The Hall–Kier alpha value is -2.24. The van der Waals surface area contributed by atoms with Crippen molar-refractivity contribution in [1.82, 2.24) is 9.55 Å². The van der Waals surface area contributed by atoms with Gasteiger partial charge in [0.05, 0.1) is 0 Å². The SMILES string of the molecule is Nc1ccn([C@@H]2O[C@H](CO)[C@@H]3[O][Sn]([c]4ccccc4)([c]4ccccc4)[O][C@@H]32)c(=O)n1. The van der Waals surface area contributed by atoms with Gasteiger partial charge in [-0.2, -0.15) is 0 Å². The number of nitrogens with zero attached hydrogens (tertiary/aromatic N) is 2. The van der Waals surface area contributed by atoms with Gasteiger partial charge in [-0.25, -0.2) is 0 Å². The molecule has 2 saturated heterocycles.